The van der Waals surface area contributed by atoms with Gasteiger partial charge in [-0.2, -0.15) is 0 Å². The second kappa shape index (κ2) is 5.51. The first-order chi connectivity index (χ1) is 6.24. The number of benzene rings is 1. The SMILES string of the molecule is CCCCCc1cc(Cl)ccc1Cl. The molecule has 0 amide bonds. The molecule has 0 saturated carbocycles. The molecule has 0 atom stereocenters. The Morgan fingerprint density at radius 2 is 1.92 bits per heavy atom. The van der Waals surface area contributed by atoms with Gasteiger partial charge in [-0.1, -0.05) is 43.0 Å². The zero-order valence-corrected chi connectivity index (χ0v) is 9.33. The Labute approximate surface area is 89.9 Å². The first-order valence-corrected chi connectivity index (χ1v) is 5.43. The molecule has 1 aromatic rings. The van der Waals surface area contributed by atoms with E-state index in [0.29, 0.717) is 0 Å². The highest BCUT2D eigenvalue weighted by Crippen LogP contribution is 2.22. The molecule has 0 N–H and O–H groups in total. The molecule has 72 valence electrons. The van der Waals surface area contributed by atoms with Crippen molar-refractivity contribution in [2.24, 2.45) is 0 Å². The number of aryl methyl sites for hydroxylation is 1. The summed E-state index contributed by atoms with van der Waals surface area (Å²) in [5.74, 6) is 0. The van der Waals surface area contributed by atoms with Gasteiger partial charge in [-0.15, -0.1) is 0 Å². The molecule has 0 aliphatic rings. The van der Waals surface area contributed by atoms with Crippen LogP contribution in [0.15, 0.2) is 18.2 Å². The minimum Gasteiger partial charge on any atom is -0.0843 e. The summed E-state index contributed by atoms with van der Waals surface area (Å²) >= 11 is 11.9. The molecular weight excluding hydrogens is 203 g/mol. The van der Waals surface area contributed by atoms with Gasteiger partial charge in [0, 0.05) is 10.0 Å². The molecule has 0 heterocycles. The van der Waals surface area contributed by atoms with E-state index < -0.39 is 0 Å². The fraction of sp³-hybridized carbons (Fsp3) is 0.455. The Hall–Kier alpha value is -0.200. The van der Waals surface area contributed by atoms with Crippen LogP contribution < -0.4 is 0 Å². The lowest BCUT2D eigenvalue weighted by molar-refractivity contribution is 0.717. The normalized spacial score (nSPS) is 10.4. The van der Waals surface area contributed by atoms with E-state index in [1.54, 1.807) is 0 Å². The Balaban J connectivity index is 2.59. The predicted molar refractivity (Wildman–Crippen MR) is 59.7 cm³/mol. The lowest BCUT2D eigenvalue weighted by Crippen LogP contribution is -1.86. The second-order valence-electron chi connectivity index (χ2n) is 3.19. The minimum atomic E-state index is 0.774. The van der Waals surface area contributed by atoms with Crippen LogP contribution in [0.25, 0.3) is 0 Å². The van der Waals surface area contributed by atoms with Gasteiger partial charge in [0.2, 0.25) is 0 Å². The molecule has 13 heavy (non-hydrogen) atoms. The van der Waals surface area contributed by atoms with Crippen molar-refractivity contribution in [2.45, 2.75) is 32.6 Å². The van der Waals surface area contributed by atoms with Crippen LogP contribution in [0.3, 0.4) is 0 Å². The Kier molecular flexibility index (Phi) is 4.61. The molecule has 0 radical (unpaired) electrons. The van der Waals surface area contributed by atoms with Gasteiger partial charge >= 0.3 is 0 Å². The van der Waals surface area contributed by atoms with Crippen molar-refractivity contribution < 1.29 is 0 Å². The zero-order chi connectivity index (χ0) is 9.68. The lowest BCUT2D eigenvalue weighted by atomic mass is 10.1. The molecule has 1 rings (SSSR count). The first kappa shape index (κ1) is 10.9. The first-order valence-electron chi connectivity index (χ1n) is 4.68. The highest BCUT2D eigenvalue weighted by atomic mass is 35.5. The summed E-state index contributed by atoms with van der Waals surface area (Å²) < 4.78 is 0. The third kappa shape index (κ3) is 3.58. The number of hydrogen-bond acceptors (Lipinski definition) is 0. The minimum absolute atomic E-state index is 0.774. The van der Waals surface area contributed by atoms with Crippen molar-refractivity contribution in [2.75, 3.05) is 0 Å². The van der Waals surface area contributed by atoms with Gasteiger partial charge in [-0.05, 0) is 36.6 Å². The van der Waals surface area contributed by atoms with E-state index in [-0.39, 0.29) is 0 Å². The van der Waals surface area contributed by atoms with E-state index in [1.165, 1.54) is 24.8 Å². The van der Waals surface area contributed by atoms with Gasteiger partial charge < -0.3 is 0 Å². The van der Waals surface area contributed by atoms with E-state index in [4.69, 9.17) is 23.2 Å². The van der Waals surface area contributed by atoms with Crippen LogP contribution in [-0.4, -0.2) is 0 Å². The molecule has 2 heteroatoms. The molecule has 0 unspecified atom stereocenters. The molecule has 0 aliphatic heterocycles. The van der Waals surface area contributed by atoms with E-state index in [2.05, 4.69) is 6.92 Å². The van der Waals surface area contributed by atoms with Crippen molar-refractivity contribution in [1.82, 2.24) is 0 Å². The van der Waals surface area contributed by atoms with Crippen molar-refractivity contribution >= 4 is 23.2 Å². The van der Waals surface area contributed by atoms with Gasteiger partial charge in [0.15, 0.2) is 0 Å². The Bertz CT molecular complexity index is 269. The van der Waals surface area contributed by atoms with Gasteiger partial charge in [0.25, 0.3) is 0 Å². The van der Waals surface area contributed by atoms with Crippen LogP contribution in [0.1, 0.15) is 31.7 Å². The van der Waals surface area contributed by atoms with Crippen molar-refractivity contribution in [3.05, 3.63) is 33.8 Å². The summed E-state index contributed by atoms with van der Waals surface area (Å²) in [5, 5.41) is 1.61. The number of rotatable bonds is 4. The molecular formula is C11H14Cl2. The summed E-state index contributed by atoms with van der Waals surface area (Å²) in [6.45, 7) is 2.19. The highest BCUT2D eigenvalue weighted by molar-refractivity contribution is 6.33. The molecule has 0 saturated heterocycles. The smallest absolute Gasteiger partial charge is 0.0439 e. The maximum absolute atomic E-state index is 6.02. The summed E-state index contributed by atoms with van der Waals surface area (Å²) in [5.41, 5.74) is 1.17. The number of halogens is 2. The van der Waals surface area contributed by atoms with Crippen LogP contribution in [0.4, 0.5) is 0 Å². The quantitative estimate of drug-likeness (QED) is 0.639. The molecule has 0 aliphatic carbocycles. The van der Waals surface area contributed by atoms with Gasteiger partial charge in [0.05, 0.1) is 0 Å². The van der Waals surface area contributed by atoms with Crippen LogP contribution in [0.5, 0.6) is 0 Å². The number of unbranched alkanes of at least 4 members (excludes halogenated alkanes) is 2. The predicted octanol–water partition coefficient (Wildman–Crippen LogP) is 4.73. The zero-order valence-electron chi connectivity index (χ0n) is 7.82. The van der Waals surface area contributed by atoms with Crippen molar-refractivity contribution in [3.63, 3.8) is 0 Å². The maximum atomic E-state index is 6.02. The molecule has 0 nitrogen and oxygen atoms in total. The van der Waals surface area contributed by atoms with Crippen molar-refractivity contribution in [1.29, 1.82) is 0 Å². The molecule has 1 aromatic carbocycles. The standard InChI is InChI=1S/C11H14Cl2/c1-2-3-4-5-9-8-10(12)6-7-11(9)13/h6-8H,2-5H2,1H3. The number of hydrogen-bond donors (Lipinski definition) is 0. The third-order valence-electron chi connectivity index (χ3n) is 2.06. The van der Waals surface area contributed by atoms with Gasteiger partial charge in [-0.3, -0.25) is 0 Å². The fourth-order valence-electron chi connectivity index (χ4n) is 1.30. The van der Waals surface area contributed by atoms with Crippen LogP contribution >= 0.6 is 23.2 Å². The lowest BCUT2D eigenvalue weighted by Gasteiger charge is -2.03. The topological polar surface area (TPSA) is 0 Å². The van der Waals surface area contributed by atoms with Crippen LogP contribution in [0, 0.1) is 0 Å². The van der Waals surface area contributed by atoms with E-state index in [1.807, 2.05) is 18.2 Å². The average molecular weight is 217 g/mol. The van der Waals surface area contributed by atoms with Crippen LogP contribution in [-0.2, 0) is 6.42 Å². The van der Waals surface area contributed by atoms with Gasteiger partial charge in [0.1, 0.15) is 0 Å². The van der Waals surface area contributed by atoms with Crippen molar-refractivity contribution in [3.8, 4) is 0 Å². The molecule has 0 bridgehead atoms. The van der Waals surface area contributed by atoms with E-state index in [0.717, 1.165) is 16.5 Å². The maximum Gasteiger partial charge on any atom is 0.0439 e. The van der Waals surface area contributed by atoms with E-state index in [9.17, 15) is 0 Å². The van der Waals surface area contributed by atoms with Crippen LogP contribution in [0.2, 0.25) is 10.0 Å². The monoisotopic (exact) mass is 216 g/mol. The average Bonchev–Trinajstić information content (AvgIpc) is 2.11. The fourth-order valence-corrected chi connectivity index (χ4v) is 1.71. The summed E-state index contributed by atoms with van der Waals surface area (Å²) in [6.07, 6.45) is 4.71. The molecule has 0 fully saturated rings. The molecule has 0 spiro atoms. The third-order valence-corrected chi connectivity index (χ3v) is 2.66. The largest absolute Gasteiger partial charge is 0.0843 e. The molecule has 0 aromatic heterocycles. The summed E-state index contributed by atoms with van der Waals surface area (Å²) in [4.78, 5) is 0. The second-order valence-corrected chi connectivity index (χ2v) is 4.04. The highest BCUT2D eigenvalue weighted by Gasteiger charge is 2.00. The summed E-state index contributed by atoms with van der Waals surface area (Å²) in [7, 11) is 0. The Morgan fingerprint density at radius 1 is 1.15 bits per heavy atom. The van der Waals surface area contributed by atoms with E-state index >= 15 is 0 Å². The van der Waals surface area contributed by atoms with Gasteiger partial charge in [-0.25, -0.2) is 0 Å². The summed E-state index contributed by atoms with van der Waals surface area (Å²) in [6, 6.07) is 5.65. The Morgan fingerprint density at radius 3 is 2.62 bits per heavy atom.